The van der Waals surface area contributed by atoms with Crippen LogP contribution in [0.2, 0.25) is 0 Å². The Kier molecular flexibility index (Phi) is 4.63. The quantitative estimate of drug-likeness (QED) is 0.782. The molecule has 0 aromatic heterocycles. The molecule has 0 unspecified atom stereocenters. The number of nitrogens with zero attached hydrogens (tertiary/aromatic N) is 1. The van der Waals surface area contributed by atoms with E-state index in [4.69, 9.17) is 9.47 Å². The van der Waals surface area contributed by atoms with Crippen molar-refractivity contribution < 1.29 is 27.8 Å². The van der Waals surface area contributed by atoms with Gasteiger partial charge in [-0.05, 0) is 25.0 Å². The number of amides is 1. The van der Waals surface area contributed by atoms with E-state index in [0.29, 0.717) is 32.2 Å². The summed E-state index contributed by atoms with van der Waals surface area (Å²) in [5, 5.41) is 0. The number of rotatable bonds is 5. The lowest BCUT2D eigenvalue weighted by Crippen LogP contribution is -2.40. The fraction of sp³-hybridized carbons (Fsp3) is 0.467. The van der Waals surface area contributed by atoms with Gasteiger partial charge in [-0.1, -0.05) is 0 Å². The molecule has 22 heavy (non-hydrogen) atoms. The molecule has 1 aromatic rings. The van der Waals surface area contributed by atoms with Gasteiger partial charge in [0, 0.05) is 13.1 Å². The Labute approximate surface area is 126 Å². The smallest absolute Gasteiger partial charge is 0.353 e. The third-order valence-corrected chi connectivity index (χ3v) is 3.68. The van der Waals surface area contributed by atoms with Crippen LogP contribution in [0.5, 0.6) is 11.5 Å². The van der Waals surface area contributed by atoms with Gasteiger partial charge in [0.2, 0.25) is 0 Å². The predicted octanol–water partition coefficient (Wildman–Crippen LogP) is 2.23. The highest BCUT2D eigenvalue weighted by molar-refractivity contribution is 5.87. The van der Waals surface area contributed by atoms with Crippen molar-refractivity contribution in [2.24, 2.45) is 0 Å². The summed E-state index contributed by atoms with van der Waals surface area (Å²) >= 11 is 0. The number of carbonyl (C=O) groups excluding carboxylic acids is 2. The fourth-order valence-corrected chi connectivity index (χ4v) is 2.49. The molecule has 1 amide bonds. The number of ether oxygens (including phenoxy) is 2. The number of likely N-dealkylation sites (tertiary alicyclic amines) is 1. The largest absolute Gasteiger partial charge is 0.496 e. The van der Waals surface area contributed by atoms with E-state index in [1.54, 1.807) is 0 Å². The van der Waals surface area contributed by atoms with Crippen molar-refractivity contribution in [3.63, 3.8) is 0 Å². The van der Waals surface area contributed by atoms with Gasteiger partial charge in [-0.2, -0.15) is 8.78 Å². The van der Waals surface area contributed by atoms with Crippen molar-refractivity contribution in [3.05, 3.63) is 23.3 Å². The fourth-order valence-electron chi connectivity index (χ4n) is 2.49. The Hall–Kier alpha value is -2.18. The van der Waals surface area contributed by atoms with Gasteiger partial charge in [-0.15, -0.1) is 0 Å². The molecular formula is C15H17F2NO4. The van der Waals surface area contributed by atoms with E-state index < -0.39 is 17.4 Å². The van der Waals surface area contributed by atoms with E-state index in [1.165, 1.54) is 14.2 Å². The first kappa shape index (κ1) is 16.2. The van der Waals surface area contributed by atoms with E-state index in [2.05, 4.69) is 0 Å². The van der Waals surface area contributed by atoms with Gasteiger partial charge in [0.25, 0.3) is 5.91 Å². The summed E-state index contributed by atoms with van der Waals surface area (Å²) in [6.07, 6.45) is 1.91. The van der Waals surface area contributed by atoms with E-state index in [-0.39, 0.29) is 17.1 Å². The molecule has 120 valence electrons. The van der Waals surface area contributed by atoms with Crippen LogP contribution in [0.15, 0.2) is 12.1 Å². The third-order valence-electron chi connectivity index (χ3n) is 3.68. The molecule has 5 nitrogen and oxygen atoms in total. The molecule has 0 spiro atoms. The lowest BCUT2D eigenvalue weighted by atomic mass is 10.0. The lowest BCUT2D eigenvalue weighted by Gasteiger charge is -2.24. The number of benzene rings is 1. The average Bonchev–Trinajstić information content (AvgIpc) is 3.06. The molecule has 0 atom stereocenters. The minimum Gasteiger partial charge on any atom is -0.496 e. The number of hydrogen-bond acceptors (Lipinski definition) is 4. The van der Waals surface area contributed by atoms with Crippen LogP contribution in [0.3, 0.4) is 0 Å². The zero-order valence-electron chi connectivity index (χ0n) is 12.4. The second kappa shape index (κ2) is 6.29. The van der Waals surface area contributed by atoms with Crippen LogP contribution in [0.1, 0.15) is 28.8 Å². The van der Waals surface area contributed by atoms with Crippen molar-refractivity contribution in [1.29, 1.82) is 0 Å². The summed E-state index contributed by atoms with van der Waals surface area (Å²) in [6, 6.07) is 2.13. The van der Waals surface area contributed by atoms with E-state index in [0.717, 1.165) is 17.0 Å². The number of halogens is 2. The molecular weight excluding hydrogens is 296 g/mol. The van der Waals surface area contributed by atoms with Crippen LogP contribution in [0.25, 0.3) is 0 Å². The predicted molar refractivity (Wildman–Crippen MR) is 74.6 cm³/mol. The minimum atomic E-state index is -3.75. The molecule has 2 rings (SSSR count). The van der Waals surface area contributed by atoms with Gasteiger partial charge in [-0.3, -0.25) is 9.59 Å². The topological polar surface area (TPSA) is 55.8 Å². The van der Waals surface area contributed by atoms with Crippen molar-refractivity contribution in [2.75, 3.05) is 27.3 Å². The van der Waals surface area contributed by atoms with Crippen LogP contribution in [0, 0.1) is 0 Å². The molecule has 1 aliphatic rings. The lowest BCUT2D eigenvalue weighted by molar-refractivity contribution is -0.158. The Morgan fingerprint density at radius 3 is 2.27 bits per heavy atom. The summed E-state index contributed by atoms with van der Waals surface area (Å²) in [7, 11) is 2.47. The zero-order valence-corrected chi connectivity index (χ0v) is 12.4. The van der Waals surface area contributed by atoms with Crippen LogP contribution in [-0.2, 0) is 10.7 Å². The minimum absolute atomic E-state index is 0.0281. The highest BCUT2D eigenvalue weighted by Crippen LogP contribution is 2.40. The van der Waals surface area contributed by atoms with E-state index >= 15 is 0 Å². The molecule has 1 aliphatic heterocycles. The Bertz CT molecular complexity index is 583. The zero-order chi connectivity index (χ0) is 16.3. The maximum absolute atomic E-state index is 14.6. The van der Waals surface area contributed by atoms with Gasteiger partial charge in [0.1, 0.15) is 11.5 Å². The summed E-state index contributed by atoms with van der Waals surface area (Å²) in [4.78, 5) is 24.2. The molecule has 1 fully saturated rings. The van der Waals surface area contributed by atoms with Gasteiger partial charge < -0.3 is 14.4 Å². The van der Waals surface area contributed by atoms with E-state index in [9.17, 15) is 18.4 Å². The highest BCUT2D eigenvalue weighted by atomic mass is 19.3. The maximum Gasteiger partial charge on any atom is 0.353 e. The normalized spacial score (nSPS) is 14.8. The first-order valence-corrected chi connectivity index (χ1v) is 6.84. The molecule has 0 radical (unpaired) electrons. The van der Waals surface area contributed by atoms with Crippen molar-refractivity contribution in [1.82, 2.24) is 4.90 Å². The summed E-state index contributed by atoms with van der Waals surface area (Å²) < 4.78 is 39.0. The number of hydrogen-bond donors (Lipinski definition) is 0. The first-order valence-electron chi connectivity index (χ1n) is 6.84. The average molecular weight is 313 g/mol. The number of carbonyl (C=O) groups is 2. The van der Waals surface area contributed by atoms with Crippen LogP contribution < -0.4 is 9.47 Å². The first-order chi connectivity index (χ1) is 10.5. The maximum atomic E-state index is 14.6. The van der Waals surface area contributed by atoms with Crippen LogP contribution in [-0.4, -0.2) is 44.4 Å². The van der Waals surface area contributed by atoms with Crippen LogP contribution >= 0.6 is 0 Å². The SMILES string of the molecule is COc1cc(C(F)(F)C(=O)N2CCCC2)c(OC)cc1C=O. The summed E-state index contributed by atoms with van der Waals surface area (Å²) in [6.45, 7) is 0.639. The van der Waals surface area contributed by atoms with Gasteiger partial charge in [0.05, 0.1) is 25.3 Å². The molecule has 1 aromatic carbocycles. The van der Waals surface area contributed by atoms with Crippen molar-refractivity contribution in [2.45, 2.75) is 18.8 Å². The monoisotopic (exact) mass is 313 g/mol. The molecule has 0 saturated carbocycles. The number of aldehydes is 1. The van der Waals surface area contributed by atoms with Crippen molar-refractivity contribution in [3.8, 4) is 11.5 Å². The highest BCUT2D eigenvalue weighted by Gasteiger charge is 2.47. The van der Waals surface area contributed by atoms with Gasteiger partial charge in [0.15, 0.2) is 6.29 Å². The Morgan fingerprint density at radius 1 is 1.18 bits per heavy atom. The second-order valence-electron chi connectivity index (χ2n) is 4.99. The van der Waals surface area contributed by atoms with Gasteiger partial charge >= 0.3 is 5.92 Å². The standard InChI is InChI=1S/C15H17F2NO4/c1-21-12-8-11(13(22-2)7-10(12)9-19)15(16,17)14(20)18-5-3-4-6-18/h7-9H,3-6H2,1-2H3. The Balaban J connectivity index is 2.48. The molecule has 0 aliphatic carbocycles. The molecule has 0 bridgehead atoms. The van der Waals surface area contributed by atoms with Gasteiger partial charge in [-0.25, -0.2) is 0 Å². The van der Waals surface area contributed by atoms with Crippen LogP contribution in [0.4, 0.5) is 8.78 Å². The summed E-state index contributed by atoms with van der Waals surface area (Å²) in [5.41, 5.74) is -0.526. The molecule has 1 saturated heterocycles. The van der Waals surface area contributed by atoms with Crippen molar-refractivity contribution >= 4 is 12.2 Å². The molecule has 7 heteroatoms. The summed E-state index contributed by atoms with van der Waals surface area (Å²) in [5.74, 6) is -5.26. The van der Waals surface area contributed by atoms with E-state index in [1.807, 2.05) is 0 Å². The third kappa shape index (κ3) is 2.75. The molecule has 1 heterocycles. The number of methoxy groups -OCH3 is 2. The molecule has 0 N–H and O–H groups in total. The second-order valence-corrected chi connectivity index (χ2v) is 4.99. The number of alkyl halides is 2. The Morgan fingerprint density at radius 2 is 1.77 bits per heavy atom.